The molecule has 0 aromatic heterocycles. The van der Waals surface area contributed by atoms with Crippen LogP contribution in [0.2, 0.25) is 0 Å². The van der Waals surface area contributed by atoms with Crippen molar-refractivity contribution in [1.29, 1.82) is 0 Å². The maximum Gasteiger partial charge on any atom is 0.115 e. The Morgan fingerprint density at radius 2 is 1.73 bits per heavy atom. The summed E-state index contributed by atoms with van der Waals surface area (Å²) in [6.45, 7) is 1.99. The molecule has 3 heteroatoms. The first-order valence-electron chi connectivity index (χ1n) is 2.96. The third-order valence-corrected chi connectivity index (χ3v) is 1.03. The van der Waals surface area contributed by atoms with Crippen LogP contribution in [0.15, 0.2) is 24.3 Å². The number of phenolic OH excluding ortho intramolecular Hbond substituents is 1. The first kappa shape index (κ1) is 10.6. The fraction of sp³-hybridized carbons (Fsp3) is 0.125. The molecule has 0 aliphatic rings. The Hall–Kier alpha value is -0.450. The quantitative estimate of drug-likeness (QED) is 0.717. The summed E-state index contributed by atoms with van der Waals surface area (Å²) >= 11 is -1.16. The Bertz CT molecular complexity index is 187. The van der Waals surface area contributed by atoms with E-state index in [0.717, 1.165) is 0 Å². The van der Waals surface area contributed by atoms with Gasteiger partial charge in [0.15, 0.2) is 0 Å². The average molecular weight is 268 g/mol. The Morgan fingerprint density at radius 3 is 2.00 bits per heavy atom. The monoisotopic (exact) mass is 268 g/mol. The maximum absolute atomic E-state index is 10.3. The van der Waals surface area contributed by atoms with Crippen molar-refractivity contribution in [1.82, 2.24) is 0 Å². The Balaban J connectivity index is 0.000000292. The molecule has 0 unspecified atom stereocenters. The van der Waals surface area contributed by atoms with Gasteiger partial charge in [0.2, 0.25) is 0 Å². The van der Waals surface area contributed by atoms with Crippen molar-refractivity contribution in [2.45, 2.75) is 6.92 Å². The molecule has 1 nitrogen and oxygen atoms in total. The molecule has 0 saturated heterocycles. The molecule has 1 N–H and O–H groups in total. The molecule has 0 aliphatic heterocycles. The number of phenols is 1. The van der Waals surface area contributed by atoms with Crippen LogP contribution in [-0.4, -0.2) is 9.62 Å². The second-order valence-corrected chi connectivity index (χ2v) is 2.51. The lowest BCUT2D eigenvalue weighted by Gasteiger charge is -1.89. The highest BCUT2D eigenvalue weighted by atomic mass is 127. The van der Waals surface area contributed by atoms with Crippen LogP contribution in [0.25, 0.3) is 0 Å². The van der Waals surface area contributed by atoms with Gasteiger partial charge in [-0.15, -0.1) is 0 Å². The third-order valence-electron chi connectivity index (χ3n) is 1.03. The van der Waals surface area contributed by atoms with Crippen molar-refractivity contribution in [2.24, 2.45) is 0 Å². The summed E-state index contributed by atoms with van der Waals surface area (Å²) in [6, 6.07) is 7.09. The molecular formula is C8H10FIO. The molecule has 0 fully saturated rings. The summed E-state index contributed by atoms with van der Waals surface area (Å²) in [7, 11) is 0. The smallest absolute Gasteiger partial charge is 0.115 e. The van der Waals surface area contributed by atoms with E-state index in [1.807, 2.05) is 19.1 Å². The van der Waals surface area contributed by atoms with Gasteiger partial charge in [-0.25, -0.2) is 0 Å². The molecule has 0 spiro atoms. The van der Waals surface area contributed by atoms with Gasteiger partial charge >= 0.3 is 0 Å². The second kappa shape index (κ2) is 6.27. The molecule has 11 heavy (non-hydrogen) atoms. The number of rotatable bonds is 0. The maximum atomic E-state index is 10.3. The molecule has 1 aromatic rings. The number of halogens is 2. The van der Waals surface area contributed by atoms with Gasteiger partial charge in [0.1, 0.15) is 5.75 Å². The summed E-state index contributed by atoms with van der Waals surface area (Å²) in [5, 5.41) is 8.76. The van der Waals surface area contributed by atoms with E-state index in [1.165, 1.54) is 5.56 Å². The van der Waals surface area contributed by atoms with Crippen LogP contribution in [0.3, 0.4) is 0 Å². The van der Waals surface area contributed by atoms with Crippen molar-refractivity contribution in [3.05, 3.63) is 29.8 Å². The van der Waals surface area contributed by atoms with Gasteiger partial charge in [0, 0.05) is 0 Å². The van der Waals surface area contributed by atoms with E-state index < -0.39 is 21.3 Å². The highest BCUT2D eigenvalue weighted by Crippen LogP contribution is 2.07. The molecule has 0 atom stereocenters. The lowest BCUT2D eigenvalue weighted by Crippen LogP contribution is -1.66. The number of aromatic hydroxyl groups is 1. The predicted molar refractivity (Wildman–Crippen MR) is 55.1 cm³/mol. The van der Waals surface area contributed by atoms with Crippen LogP contribution in [-0.2, 0) is 0 Å². The van der Waals surface area contributed by atoms with E-state index in [-0.39, 0.29) is 0 Å². The molecule has 0 aliphatic carbocycles. The highest BCUT2D eigenvalue weighted by molar-refractivity contribution is 14.2. The van der Waals surface area contributed by atoms with E-state index in [9.17, 15) is 2.86 Å². The molecular weight excluding hydrogens is 258 g/mol. The van der Waals surface area contributed by atoms with Gasteiger partial charge in [0.05, 0.1) is 21.3 Å². The van der Waals surface area contributed by atoms with E-state index in [0.29, 0.717) is 5.75 Å². The van der Waals surface area contributed by atoms with Gasteiger partial charge in [0.25, 0.3) is 0 Å². The first-order valence-corrected chi connectivity index (χ1v) is 5.30. The van der Waals surface area contributed by atoms with Crippen LogP contribution >= 0.6 is 21.3 Å². The number of benzene rings is 1. The van der Waals surface area contributed by atoms with Crippen LogP contribution < -0.4 is 0 Å². The SMILES string of the molecule is C=IF.Cc1ccc(O)cc1. The largest absolute Gasteiger partial charge is 0.508 e. The zero-order valence-corrected chi connectivity index (χ0v) is 8.38. The zero-order chi connectivity index (χ0) is 8.69. The first-order chi connectivity index (χ1) is 5.20. The van der Waals surface area contributed by atoms with E-state index >= 15 is 0 Å². The van der Waals surface area contributed by atoms with Gasteiger partial charge in [-0.3, -0.25) is 0 Å². The van der Waals surface area contributed by atoms with Crippen molar-refractivity contribution >= 4 is 25.8 Å². The molecule has 0 amide bonds. The number of aryl methyl sites for hydroxylation is 1. The molecule has 1 aromatic carbocycles. The average Bonchev–Trinajstić information content (AvgIpc) is 1.97. The molecule has 0 heterocycles. The topological polar surface area (TPSA) is 20.2 Å². The van der Waals surface area contributed by atoms with Crippen molar-refractivity contribution in [3.8, 4) is 5.75 Å². The molecule has 0 bridgehead atoms. The minimum Gasteiger partial charge on any atom is -0.508 e. The van der Waals surface area contributed by atoms with Crippen molar-refractivity contribution in [3.63, 3.8) is 0 Å². The van der Waals surface area contributed by atoms with E-state index in [4.69, 9.17) is 5.11 Å². The Morgan fingerprint density at radius 1 is 1.36 bits per heavy atom. The minimum absolute atomic E-state index is 0.329. The summed E-state index contributed by atoms with van der Waals surface area (Å²) in [5.41, 5.74) is 1.17. The van der Waals surface area contributed by atoms with Crippen molar-refractivity contribution < 1.29 is 7.97 Å². The summed E-state index contributed by atoms with van der Waals surface area (Å²) in [6.07, 6.45) is 0. The molecule has 1 rings (SSSR count). The van der Waals surface area contributed by atoms with E-state index in [2.05, 4.69) is 4.51 Å². The van der Waals surface area contributed by atoms with Gasteiger partial charge in [-0.1, -0.05) is 17.7 Å². The summed E-state index contributed by atoms with van der Waals surface area (Å²) < 4.78 is 13.2. The van der Waals surface area contributed by atoms with Crippen LogP contribution in [0.5, 0.6) is 5.75 Å². The van der Waals surface area contributed by atoms with Gasteiger partial charge < -0.3 is 5.11 Å². The molecule has 0 saturated carbocycles. The minimum atomic E-state index is -1.16. The lowest BCUT2D eigenvalue weighted by atomic mass is 10.2. The van der Waals surface area contributed by atoms with Gasteiger partial charge in [-0.2, -0.15) is 2.86 Å². The van der Waals surface area contributed by atoms with Crippen molar-refractivity contribution in [2.75, 3.05) is 0 Å². The van der Waals surface area contributed by atoms with Crippen LogP contribution in [0.4, 0.5) is 2.86 Å². The fourth-order valence-electron chi connectivity index (χ4n) is 0.545. The number of hydrogen-bond acceptors (Lipinski definition) is 1. The molecule has 62 valence electrons. The fourth-order valence-corrected chi connectivity index (χ4v) is 0.545. The van der Waals surface area contributed by atoms with Crippen LogP contribution in [0.1, 0.15) is 5.56 Å². The standard InChI is InChI=1S/C7H8O.CH2FI/c1-6-2-4-7(8)5-3-6;1-3-2/h2-5,8H,1H3;1H2. The summed E-state index contributed by atoms with van der Waals surface area (Å²) in [4.78, 5) is 0. The normalized spacial score (nSPS) is 8.18. The second-order valence-electron chi connectivity index (χ2n) is 1.94. The van der Waals surface area contributed by atoms with E-state index in [1.54, 1.807) is 12.1 Å². The Kier molecular flexibility index (Phi) is 6.02. The third kappa shape index (κ3) is 5.97. The summed E-state index contributed by atoms with van der Waals surface area (Å²) in [5.74, 6) is 0.329. The predicted octanol–water partition coefficient (Wildman–Crippen LogP) is 2.97. The Labute approximate surface area is 76.4 Å². The number of hydrogen-bond donors (Lipinski definition) is 1. The lowest BCUT2D eigenvalue weighted by molar-refractivity contribution is 0.475. The molecule has 0 radical (unpaired) electrons. The van der Waals surface area contributed by atoms with Crippen LogP contribution in [0, 0.1) is 6.92 Å². The highest BCUT2D eigenvalue weighted by Gasteiger charge is 1.82. The van der Waals surface area contributed by atoms with Gasteiger partial charge in [-0.05, 0) is 23.6 Å². The zero-order valence-electron chi connectivity index (χ0n) is 6.22.